The van der Waals surface area contributed by atoms with Gasteiger partial charge in [-0.05, 0) is 41.5 Å². The van der Waals surface area contributed by atoms with Crippen molar-refractivity contribution in [1.82, 2.24) is 19.8 Å². The van der Waals surface area contributed by atoms with Gasteiger partial charge in [0, 0.05) is 17.6 Å². The summed E-state index contributed by atoms with van der Waals surface area (Å²) in [5.41, 5.74) is 2.07. The number of carbonyl (C=O) groups excluding carboxylic acids is 1. The summed E-state index contributed by atoms with van der Waals surface area (Å²) in [5, 5.41) is 8.59. The second-order valence-corrected chi connectivity index (χ2v) is 8.04. The van der Waals surface area contributed by atoms with Gasteiger partial charge in [0.1, 0.15) is 0 Å². The van der Waals surface area contributed by atoms with Crippen LogP contribution in [0, 0.1) is 6.92 Å². The van der Waals surface area contributed by atoms with E-state index in [9.17, 15) is 4.79 Å². The van der Waals surface area contributed by atoms with E-state index in [-0.39, 0.29) is 23.2 Å². The number of thioether (sulfide) groups is 1. The molecule has 1 atom stereocenters. The van der Waals surface area contributed by atoms with E-state index < -0.39 is 0 Å². The number of carbonyl (C=O) groups is 1. The average molecular weight is 362 g/mol. The molecule has 0 saturated heterocycles. The third kappa shape index (κ3) is 4.34. The molecule has 0 aliphatic carbocycles. The van der Waals surface area contributed by atoms with Crippen LogP contribution in [0.5, 0.6) is 0 Å². The molecular formula is C18H27N5OS. The Hall–Kier alpha value is -2.02. The van der Waals surface area contributed by atoms with Gasteiger partial charge in [-0.3, -0.25) is 4.79 Å². The molecule has 25 heavy (non-hydrogen) atoms. The zero-order valence-electron chi connectivity index (χ0n) is 15.7. The fourth-order valence-electron chi connectivity index (χ4n) is 2.78. The van der Waals surface area contributed by atoms with Crippen LogP contribution in [-0.4, -0.2) is 43.0 Å². The fourth-order valence-corrected chi connectivity index (χ4v) is 3.61. The quantitative estimate of drug-likeness (QED) is 0.632. The second kappa shape index (κ2) is 7.91. The number of hydrogen-bond acceptors (Lipinski definition) is 5. The zero-order chi connectivity index (χ0) is 18.7. The lowest BCUT2D eigenvalue weighted by Crippen LogP contribution is -2.45. The van der Waals surface area contributed by atoms with Crippen molar-refractivity contribution in [3.63, 3.8) is 0 Å². The van der Waals surface area contributed by atoms with Crippen LogP contribution in [-0.2, 0) is 4.79 Å². The number of benzene rings is 1. The molecule has 0 aliphatic rings. The molecular weight excluding hydrogens is 334 g/mol. The largest absolute Gasteiger partial charge is 0.337 e. The van der Waals surface area contributed by atoms with Crippen LogP contribution in [0.15, 0.2) is 29.4 Å². The molecule has 2 aromatic rings. The summed E-state index contributed by atoms with van der Waals surface area (Å²) in [4.78, 5) is 14.6. The molecule has 2 N–H and O–H groups in total. The number of hydrogen-bond donors (Lipinski definition) is 1. The smallest absolute Gasteiger partial charge is 0.236 e. The highest BCUT2D eigenvalue weighted by atomic mass is 32.2. The summed E-state index contributed by atoms with van der Waals surface area (Å²) >= 11 is 1.33. The van der Waals surface area contributed by atoms with Crippen molar-refractivity contribution in [2.75, 3.05) is 5.84 Å². The summed E-state index contributed by atoms with van der Waals surface area (Å²) in [7, 11) is 0. The van der Waals surface area contributed by atoms with Crippen LogP contribution < -0.4 is 5.84 Å². The third-order valence-corrected chi connectivity index (χ3v) is 5.02. The highest BCUT2D eigenvalue weighted by Crippen LogP contribution is 2.26. The van der Waals surface area contributed by atoms with E-state index >= 15 is 0 Å². The van der Waals surface area contributed by atoms with Crippen molar-refractivity contribution < 1.29 is 4.79 Å². The Morgan fingerprint density at radius 2 is 1.64 bits per heavy atom. The van der Waals surface area contributed by atoms with Gasteiger partial charge in [-0.2, -0.15) is 0 Å². The molecule has 0 saturated carbocycles. The predicted octanol–water partition coefficient (Wildman–Crippen LogP) is 3.09. The molecule has 7 heteroatoms. The molecule has 0 radical (unpaired) electrons. The molecule has 1 heterocycles. The second-order valence-electron chi connectivity index (χ2n) is 6.74. The zero-order valence-corrected chi connectivity index (χ0v) is 16.5. The van der Waals surface area contributed by atoms with E-state index in [1.807, 2.05) is 70.7 Å². The van der Waals surface area contributed by atoms with Crippen LogP contribution in [0.4, 0.5) is 0 Å². The third-order valence-electron chi connectivity index (χ3n) is 3.97. The summed E-state index contributed by atoms with van der Waals surface area (Å²) in [5.74, 6) is 6.83. The monoisotopic (exact) mass is 361 g/mol. The number of amides is 1. The molecule has 6 nitrogen and oxygen atoms in total. The molecule has 1 amide bonds. The van der Waals surface area contributed by atoms with Gasteiger partial charge in [-0.15, -0.1) is 10.2 Å². The molecule has 0 aliphatic heterocycles. The number of aryl methyl sites for hydroxylation is 1. The van der Waals surface area contributed by atoms with Gasteiger partial charge >= 0.3 is 0 Å². The highest BCUT2D eigenvalue weighted by molar-refractivity contribution is 8.00. The van der Waals surface area contributed by atoms with Gasteiger partial charge < -0.3 is 10.7 Å². The minimum atomic E-state index is -0.290. The first kappa shape index (κ1) is 19.3. The van der Waals surface area contributed by atoms with Crippen molar-refractivity contribution in [3.05, 3.63) is 29.8 Å². The first-order valence-electron chi connectivity index (χ1n) is 8.48. The normalized spacial score (nSPS) is 12.6. The van der Waals surface area contributed by atoms with E-state index in [1.54, 1.807) is 0 Å². The first-order valence-corrected chi connectivity index (χ1v) is 9.36. The molecule has 1 aromatic heterocycles. The average Bonchev–Trinajstić information content (AvgIpc) is 2.88. The fraction of sp³-hybridized carbons (Fsp3) is 0.500. The number of nitrogen functional groups attached to an aromatic ring is 1. The minimum Gasteiger partial charge on any atom is -0.337 e. The van der Waals surface area contributed by atoms with E-state index in [2.05, 4.69) is 10.2 Å². The van der Waals surface area contributed by atoms with Gasteiger partial charge in [0.25, 0.3) is 0 Å². The standard InChI is InChI=1S/C18H27N5OS/c1-11(2)22(12(3)4)17(24)14(6)25-18-21-20-16(23(18)19)15-9-7-13(5)8-10-15/h7-12,14H,19H2,1-6H3/t14-/m0/s1. The van der Waals surface area contributed by atoms with E-state index in [0.29, 0.717) is 11.0 Å². The Morgan fingerprint density at radius 1 is 1.08 bits per heavy atom. The molecule has 1 aromatic carbocycles. The molecule has 0 bridgehead atoms. The number of nitrogens with zero attached hydrogens (tertiary/aromatic N) is 4. The number of rotatable bonds is 6. The maximum Gasteiger partial charge on any atom is 0.236 e. The van der Waals surface area contributed by atoms with Crippen LogP contribution >= 0.6 is 11.8 Å². The van der Waals surface area contributed by atoms with Crippen LogP contribution in [0.1, 0.15) is 40.2 Å². The maximum absolute atomic E-state index is 12.8. The first-order chi connectivity index (χ1) is 11.7. The van der Waals surface area contributed by atoms with Gasteiger partial charge in [-0.1, -0.05) is 41.6 Å². The van der Waals surface area contributed by atoms with Gasteiger partial charge in [-0.25, -0.2) is 4.68 Å². The van der Waals surface area contributed by atoms with Gasteiger partial charge in [0.2, 0.25) is 11.1 Å². The molecule has 0 fully saturated rings. The van der Waals surface area contributed by atoms with Crippen LogP contribution in [0.2, 0.25) is 0 Å². The van der Waals surface area contributed by atoms with Crippen molar-refractivity contribution in [1.29, 1.82) is 0 Å². The number of nitrogens with two attached hydrogens (primary N) is 1. The predicted molar refractivity (Wildman–Crippen MR) is 103 cm³/mol. The van der Waals surface area contributed by atoms with E-state index in [1.165, 1.54) is 22.0 Å². The molecule has 2 rings (SSSR count). The Morgan fingerprint density at radius 3 is 2.16 bits per heavy atom. The highest BCUT2D eigenvalue weighted by Gasteiger charge is 2.27. The van der Waals surface area contributed by atoms with Gasteiger partial charge in [0.15, 0.2) is 5.82 Å². The van der Waals surface area contributed by atoms with Crippen molar-refractivity contribution in [3.8, 4) is 11.4 Å². The van der Waals surface area contributed by atoms with Crippen LogP contribution in [0.25, 0.3) is 11.4 Å². The Bertz CT molecular complexity index is 716. The number of aromatic nitrogens is 3. The minimum absolute atomic E-state index is 0.0786. The SMILES string of the molecule is Cc1ccc(-c2nnc(S[C@@H](C)C(=O)N(C(C)C)C(C)C)n2N)cc1. The van der Waals surface area contributed by atoms with Crippen LogP contribution in [0.3, 0.4) is 0 Å². The summed E-state index contributed by atoms with van der Waals surface area (Å²) in [6.45, 7) is 12.0. The van der Waals surface area contributed by atoms with Crippen molar-refractivity contribution >= 4 is 17.7 Å². The summed E-state index contributed by atoms with van der Waals surface area (Å²) in [6.07, 6.45) is 0. The molecule has 0 spiro atoms. The lowest BCUT2D eigenvalue weighted by Gasteiger charge is -2.32. The summed E-state index contributed by atoms with van der Waals surface area (Å²) in [6, 6.07) is 8.23. The molecule has 136 valence electrons. The maximum atomic E-state index is 12.8. The van der Waals surface area contributed by atoms with E-state index in [0.717, 1.165) is 5.56 Å². The lowest BCUT2D eigenvalue weighted by molar-refractivity contribution is -0.133. The van der Waals surface area contributed by atoms with Crippen molar-refractivity contribution in [2.24, 2.45) is 0 Å². The Balaban J connectivity index is 2.18. The topological polar surface area (TPSA) is 77.0 Å². The van der Waals surface area contributed by atoms with E-state index in [4.69, 9.17) is 5.84 Å². The van der Waals surface area contributed by atoms with Gasteiger partial charge in [0.05, 0.1) is 5.25 Å². The Kier molecular flexibility index (Phi) is 6.11. The lowest BCUT2D eigenvalue weighted by atomic mass is 10.1. The molecule has 0 unspecified atom stereocenters. The summed E-state index contributed by atoms with van der Waals surface area (Å²) < 4.78 is 1.45. The Labute approximate surface area is 153 Å². The van der Waals surface area contributed by atoms with Crippen molar-refractivity contribution in [2.45, 2.75) is 64.0 Å².